The van der Waals surface area contributed by atoms with E-state index < -0.39 is 11.7 Å². The van der Waals surface area contributed by atoms with Gasteiger partial charge in [0.2, 0.25) is 0 Å². The lowest BCUT2D eigenvalue weighted by Gasteiger charge is -2.33. The van der Waals surface area contributed by atoms with Crippen LogP contribution in [0.3, 0.4) is 0 Å². The van der Waals surface area contributed by atoms with E-state index in [1.807, 2.05) is 28.8 Å². The van der Waals surface area contributed by atoms with Gasteiger partial charge < -0.3 is 23.4 Å². The molecule has 0 aliphatic carbocycles. The highest BCUT2D eigenvalue weighted by Gasteiger charge is 2.34. The average molecular weight is 540 g/mol. The van der Waals surface area contributed by atoms with Crippen LogP contribution in [0.15, 0.2) is 59.0 Å². The Morgan fingerprint density at radius 1 is 1.03 bits per heavy atom. The lowest BCUT2D eigenvalue weighted by Crippen LogP contribution is -2.39. The number of amides is 1. The highest BCUT2D eigenvalue weighted by Crippen LogP contribution is 2.38. The summed E-state index contributed by atoms with van der Waals surface area (Å²) < 4.78 is 59.1. The molecule has 2 aliphatic rings. The maximum atomic E-state index is 13.4. The fourth-order valence-corrected chi connectivity index (χ4v) is 5.53. The Kier molecular flexibility index (Phi) is 6.58. The Hall–Kier alpha value is -3.79. The van der Waals surface area contributed by atoms with Crippen molar-refractivity contribution in [1.82, 2.24) is 14.5 Å². The molecule has 0 N–H and O–H groups in total. The van der Waals surface area contributed by atoms with Gasteiger partial charge in [-0.1, -0.05) is 0 Å². The third-order valence-electron chi connectivity index (χ3n) is 7.57. The van der Waals surface area contributed by atoms with Gasteiger partial charge in [0, 0.05) is 31.3 Å². The number of methoxy groups -OCH3 is 1. The predicted molar refractivity (Wildman–Crippen MR) is 138 cm³/mol. The van der Waals surface area contributed by atoms with Gasteiger partial charge in [0.25, 0.3) is 5.91 Å². The minimum atomic E-state index is -4.44. The van der Waals surface area contributed by atoms with E-state index in [2.05, 4.69) is 4.98 Å². The second-order valence-electron chi connectivity index (χ2n) is 9.96. The van der Waals surface area contributed by atoms with E-state index in [-0.39, 0.29) is 23.8 Å². The molecular formula is C29H28F3N3O4. The van der Waals surface area contributed by atoms with Gasteiger partial charge in [-0.15, -0.1) is 0 Å². The first-order valence-corrected chi connectivity index (χ1v) is 13.1. The Morgan fingerprint density at radius 3 is 2.46 bits per heavy atom. The standard InChI is InChI=1S/C29H28F3N3O4/c1-37-21-7-4-18(5-8-21)24-10-11-26(39-24)28(36)34-14-12-20(13-15-34)35-23-9-6-19(29(30,31)32)17-22(23)33-27(35)25-3-2-16-38-25/h4-11,17,20,25H,2-3,12-16H2,1H3. The molecule has 7 nitrogen and oxygen atoms in total. The summed E-state index contributed by atoms with van der Waals surface area (Å²) in [4.78, 5) is 19.6. The molecule has 0 radical (unpaired) electrons. The molecule has 2 aromatic carbocycles. The van der Waals surface area contributed by atoms with Crippen LogP contribution in [0.5, 0.6) is 5.75 Å². The summed E-state index contributed by atoms with van der Waals surface area (Å²) in [6.07, 6.45) is -1.73. The number of hydrogen-bond donors (Lipinski definition) is 0. The second-order valence-corrected chi connectivity index (χ2v) is 9.96. The smallest absolute Gasteiger partial charge is 0.416 e. The van der Waals surface area contributed by atoms with Crippen molar-refractivity contribution in [3.8, 4) is 17.1 Å². The molecule has 2 aliphatic heterocycles. The number of furan rings is 1. The monoisotopic (exact) mass is 539 g/mol. The van der Waals surface area contributed by atoms with Crippen LogP contribution in [0.25, 0.3) is 22.4 Å². The summed E-state index contributed by atoms with van der Waals surface area (Å²) in [5.74, 6) is 2.09. The van der Waals surface area contributed by atoms with Gasteiger partial charge in [-0.05, 0) is 80.3 Å². The summed E-state index contributed by atoms with van der Waals surface area (Å²) in [5.41, 5.74) is 1.10. The fraction of sp³-hybridized carbons (Fsp3) is 0.379. The number of carbonyl (C=O) groups excluding carboxylic acids is 1. The zero-order valence-electron chi connectivity index (χ0n) is 21.4. The molecule has 0 spiro atoms. The maximum absolute atomic E-state index is 13.4. The normalized spacial score (nSPS) is 18.7. The van der Waals surface area contributed by atoms with E-state index in [0.717, 1.165) is 36.3 Å². The van der Waals surface area contributed by atoms with E-state index in [9.17, 15) is 18.0 Å². The summed E-state index contributed by atoms with van der Waals surface area (Å²) in [5, 5.41) is 0. The van der Waals surface area contributed by atoms with E-state index in [4.69, 9.17) is 13.9 Å². The Bertz CT molecular complexity index is 1480. The molecule has 1 unspecified atom stereocenters. The summed E-state index contributed by atoms with van der Waals surface area (Å²) in [6, 6.07) is 14.6. The summed E-state index contributed by atoms with van der Waals surface area (Å²) >= 11 is 0. The summed E-state index contributed by atoms with van der Waals surface area (Å²) in [7, 11) is 1.60. The van der Waals surface area contributed by atoms with E-state index in [1.165, 1.54) is 6.07 Å². The van der Waals surface area contributed by atoms with Crippen LogP contribution in [0.1, 0.15) is 59.8 Å². The molecule has 2 aromatic heterocycles. The predicted octanol–water partition coefficient (Wildman–Crippen LogP) is 6.65. The number of carbonyl (C=O) groups is 1. The van der Waals surface area contributed by atoms with E-state index >= 15 is 0 Å². The fourth-order valence-electron chi connectivity index (χ4n) is 5.53. The number of imidazole rings is 1. The number of nitrogens with zero attached hydrogens (tertiary/aromatic N) is 3. The maximum Gasteiger partial charge on any atom is 0.416 e. The lowest BCUT2D eigenvalue weighted by molar-refractivity contribution is -0.137. The number of piperidine rings is 1. The van der Waals surface area contributed by atoms with Gasteiger partial charge in [-0.25, -0.2) is 4.98 Å². The molecule has 39 heavy (non-hydrogen) atoms. The molecule has 1 atom stereocenters. The third kappa shape index (κ3) is 4.89. The number of likely N-dealkylation sites (tertiary alicyclic amines) is 1. The van der Waals surface area contributed by atoms with Gasteiger partial charge in [0.05, 0.1) is 23.7 Å². The number of benzene rings is 2. The Morgan fingerprint density at radius 2 is 1.79 bits per heavy atom. The molecule has 2 fully saturated rings. The number of aromatic nitrogens is 2. The van der Waals surface area contributed by atoms with Gasteiger partial charge in [0.15, 0.2) is 5.76 Å². The highest BCUT2D eigenvalue weighted by atomic mass is 19.4. The molecule has 0 bridgehead atoms. The van der Waals surface area contributed by atoms with E-state index in [0.29, 0.717) is 55.2 Å². The van der Waals surface area contributed by atoms with Crippen LogP contribution in [-0.4, -0.2) is 47.2 Å². The van der Waals surface area contributed by atoms with Gasteiger partial charge in [0.1, 0.15) is 23.4 Å². The zero-order valence-corrected chi connectivity index (χ0v) is 21.4. The largest absolute Gasteiger partial charge is 0.497 e. The molecule has 1 amide bonds. The van der Waals surface area contributed by atoms with Crippen molar-refractivity contribution < 1.29 is 31.9 Å². The second kappa shape index (κ2) is 10.1. The van der Waals surface area contributed by atoms with Crippen molar-refractivity contribution in [1.29, 1.82) is 0 Å². The number of halogens is 3. The van der Waals surface area contributed by atoms with Gasteiger partial charge in [-0.3, -0.25) is 4.79 Å². The van der Waals surface area contributed by atoms with Crippen LogP contribution in [0, 0.1) is 0 Å². The molecule has 2 saturated heterocycles. The number of ether oxygens (including phenoxy) is 2. The number of rotatable bonds is 5. The van der Waals surface area contributed by atoms with Crippen molar-refractivity contribution >= 4 is 16.9 Å². The third-order valence-corrected chi connectivity index (χ3v) is 7.57. The molecule has 4 heterocycles. The highest BCUT2D eigenvalue weighted by molar-refractivity contribution is 5.92. The van der Waals surface area contributed by atoms with Crippen molar-refractivity contribution in [2.75, 3.05) is 26.8 Å². The number of alkyl halides is 3. The van der Waals surface area contributed by atoms with Crippen molar-refractivity contribution in [2.24, 2.45) is 0 Å². The SMILES string of the molecule is COc1ccc(-c2ccc(C(=O)N3CCC(n4c(C5CCCO5)nc5cc(C(F)(F)F)ccc54)CC3)o2)cc1. The van der Waals surface area contributed by atoms with Crippen LogP contribution in [0.4, 0.5) is 13.2 Å². The molecule has 4 aromatic rings. The topological polar surface area (TPSA) is 69.7 Å². The lowest BCUT2D eigenvalue weighted by atomic mass is 10.0. The Labute approximate surface area is 223 Å². The van der Waals surface area contributed by atoms with Crippen LogP contribution >= 0.6 is 0 Å². The number of hydrogen-bond acceptors (Lipinski definition) is 5. The quantitative estimate of drug-likeness (QED) is 0.284. The summed E-state index contributed by atoms with van der Waals surface area (Å²) in [6.45, 7) is 1.59. The molecule has 10 heteroatoms. The first-order valence-electron chi connectivity index (χ1n) is 13.1. The van der Waals surface area contributed by atoms with Crippen LogP contribution in [0.2, 0.25) is 0 Å². The van der Waals surface area contributed by atoms with Gasteiger partial charge in [-0.2, -0.15) is 13.2 Å². The minimum absolute atomic E-state index is 0.0125. The van der Waals surface area contributed by atoms with Crippen LogP contribution in [-0.2, 0) is 10.9 Å². The molecular weight excluding hydrogens is 511 g/mol. The molecule has 6 rings (SSSR count). The van der Waals surface area contributed by atoms with E-state index in [1.54, 1.807) is 24.1 Å². The van der Waals surface area contributed by atoms with Crippen molar-refractivity contribution in [3.05, 3.63) is 71.7 Å². The number of fused-ring (bicyclic) bond motifs is 1. The minimum Gasteiger partial charge on any atom is -0.497 e. The first-order chi connectivity index (χ1) is 18.8. The Balaban J connectivity index is 1.21. The molecule has 0 saturated carbocycles. The van der Waals surface area contributed by atoms with Gasteiger partial charge >= 0.3 is 6.18 Å². The average Bonchev–Trinajstić information content (AvgIpc) is 3.72. The molecule has 204 valence electrons. The van der Waals surface area contributed by atoms with Crippen molar-refractivity contribution in [3.63, 3.8) is 0 Å². The first kappa shape index (κ1) is 25.5. The zero-order chi connectivity index (χ0) is 27.1. The van der Waals surface area contributed by atoms with Crippen LogP contribution < -0.4 is 4.74 Å². The van der Waals surface area contributed by atoms with Crippen molar-refractivity contribution in [2.45, 2.75) is 44.0 Å².